The van der Waals surface area contributed by atoms with E-state index in [1.54, 1.807) is 0 Å². The molecule has 5 nitrogen and oxygen atoms in total. The fraction of sp³-hybridized carbons (Fsp3) is 0.474. The van der Waals surface area contributed by atoms with E-state index in [4.69, 9.17) is 9.78 Å². The first-order valence-corrected chi connectivity index (χ1v) is 8.84. The van der Waals surface area contributed by atoms with E-state index in [-0.39, 0.29) is 0 Å². The van der Waals surface area contributed by atoms with Gasteiger partial charge in [-0.3, -0.25) is 4.79 Å². The molecule has 0 radical (unpaired) electrons. The third kappa shape index (κ3) is 6.80. The van der Waals surface area contributed by atoms with E-state index in [2.05, 4.69) is 59.3 Å². The van der Waals surface area contributed by atoms with E-state index in [9.17, 15) is 13.2 Å². The van der Waals surface area contributed by atoms with Crippen LogP contribution < -0.4 is 5.32 Å². The zero-order valence-corrected chi connectivity index (χ0v) is 15.5. The number of rotatable bonds is 5. The number of benzene rings is 1. The van der Waals surface area contributed by atoms with Gasteiger partial charge in [0.05, 0.1) is 11.7 Å². The Morgan fingerprint density at radius 2 is 1.96 bits per heavy atom. The van der Waals surface area contributed by atoms with Crippen molar-refractivity contribution in [2.45, 2.75) is 31.6 Å². The van der Waals surface area contributed by atoms with Crippen molar-refractivity contribution in [2.24, 2.45) is 0 Å². The van der Waals surface area contributed by atoms with Gasteiger partial charge in [-0.05, 0) is 33.5 Å². The largest absolute Gasteiger partial charge is 0.446 e. The molecular weight excluding hydrogens is 357 g/mol. The SMILES string of the molecule is CN(C)CCn1cc(-c2ccccc2)nc1[C@@H]1CCCN1.O=CC(F)(F)F. The molecular formula is C19H25F3N4O. The van der Waals surface area contributed by atoms with Crippen LogP contribution in [0, 0.1) is 0 Å². The Kier molecular flexibility index (Phi) is 7.55. The van der Waals surface area contributed by atoms with Gasteiger partial charge in [-0.25, -0.2) is 4.98 Å². The van der Waals surface area contributed by atoms with Crippen LogP contribution >= 0.6 is 0 Å². The Bertz CT molecular complexity index is 707. The molecule has 8 heteroatoms. The Morgan fingerprint density at radius 3 is 2.48 bits per heavy atom. The number of likely N-dealkylation sites (N-methyl/N-ethyl adjacent to an activating group) is 1. The van der Waals surface area contributed by atoms with Crippen LogP contribution in [-0.2, 0) is 11.3 Å². The van der Waals surface area contributed by atoms with Gasteiger partial charge in [-0.1, -0.05) is 30.3 Å². The number of carbonyl (C=O) groups is 1. The highest BCUT2D eigenvalue weighted by molar-refractivity contribution is 5.58. The summed E-state index contributed by atoms with van der Waals surface area (Å²) < 4.78 is 33.6. The number of imidazole rings is 1. The molecule has 0 unspecified atom stereocenters. The van der Waals surface area contributed by atoms with E-state index in [1.165, 1.54) is 24.2 Å². The predicted octanol–water partition coefficient (Wildman–Crippen LogP) is 3.28. The summed E-state index contributed by atoms with van der Waals surface area (Å²) in [6.07, 6.45) is -1.07. The van der Waals surface area contributed by atoms with Crippen LogP contribution in [0.15, 0.2) is 36.5 Å². The summed E-state index contributed by atoms with van der Waals surface area (Å²) in [6.45, 7) is 3.12. The van der Waals surface area contributed by atoms with Crippen LogP contribution in [0.3, 0.4) is 0 Å². The molecule has 1 saturated heterocycles. The van der Waals surface area contributed by atoms with Gasteiger partial charge in [0.15, 0.2) is 0 Å². The first kappa shape index (κ1) is 21.1. The minimum atomic E-state index is -4.64. The number of halogens is 3. The van der Waals surface area contributed by atoms with Crippen LogP contribution in [0.4, 0.5) is 13.2 Å². The number of hydrogen-bond donors (Lipinski definition) is 1. The molecule has 0 saturated carbocycles. The first-order valence-electron chi connectivity index (χ1n) is 8.84. The normalized spacial score (nSPS) is 16.9. The molecule has 148 valence electrons. The average Bonchev–Trinajstić information content (AvgIpc) is 3.30. The summed E-state index contributed by atoms with van der Waals surface area (Å²) in [6, 6.07) is 10.9. The van der Waals surface area contributed by atoms with Crippen LogP contribution in [0.5, 0.6) is 0 Å². The summed E-state index contributed by atoms with van der Waals surface area (Å²) in [5, 5.41) is 3.57. The molecule has 0 bridgehead atoms. The van der Waals surface area contributed by atoms with Gasteiger partial charge in [-0.15, -0.1) is 0 Å². The van der Waals surface area contributed by atoms with Crippen molar-refractivity contribution in [1.82, 2.24) is 19.8 Å². The highest BCUT2D eigenvalue weighted by Gasteiger charge is 2.25. The molecule has 1 aromatic carbocycles. The maximum Gasteiger partial charge on any atom is 0.446 e. The highest BCUT2D eigenvalue weighted by Crippen LogP contribution is 2.26. The lowest BCUT2D eigenvalue weighted by molar-refractivity contribution is -0.156. The van der Waals surface area contributed by atoms with Crippen molar-refractivity contribution in [3.05, 3.63) is 42.4 Å². The fourth-order valence-electron chi connectivity index (χ4n) is 2.85. The standard InChI is InChI=1S/C17H24N4.C2HF3O/c1-20(2)11-12-21-13-16(14-7-4-3-5-8-14)19-17(21)15-9-6-10-18-15;3-2(4,5)1-6/h3-5,7-8,13,15,18H,6,9-12H2,1-2H3;1H/t15-;/m0./s1. The van der Waals surface area contributed by atoms with E-state index in [0.29, 0.717) is 6.04 Å². The smallest absolute Gasteiger partial charge is 0.332 e. The van der Waals surface area contributed by atoms with E-state index >= 15 is 0 Å². The number of nitrogens with one attached hydrogen (secondary N) is 1. The molecule has 1 aliphatic heterocycles. The third-order valence-corrected chi connectivity index (χ3v) is 4.17. The topological polar surface area (TPSA) is 50.2 Å². The lowest BCUT2D eigenvalue weighted by Crippen LogP contribution is -2.22. The van der Waals surface area contributed by atoms with Crippen LogP contribution in [0.2, 0.25) is 0 Å². The zero-order valence-electron chi connectivity index (χ0n) is 15.5. The van der Waals surface area contributed by atoms with Crippen molar-refractivity contribution in [2.75, 3.05) is 27.2 Å². The number of carbonyl (C=O) groups excluding carboxylic acids is 1. The van der Waals surface area contributed by atoms with Crippen LogP contribution in [0.1, 0.15) is 24.7 Å². The highest BCUT2D eigenvalue weighted by atomic mass is 19.4. The Hall–Kier alpha value is -2.19. The van der Waals surface area contributed by atoms with Crippen LogP contribution in [0.25, 0.3) is 11.3 Å². The Morgan fingerprint density at radius 1 is 1.30 bits per heavy atom. The van der Waals surface area contributed by atoms with Gasteiger partial charge in [0, 0.05) is 24.8 Å². The average molecular weight is 382 g/mol. The van der Waals surface area contributed by atoms with E-state index < -0.39 is 12.5 Å². The Labute approximate surface area is 157 Å². The van der Waals surface area contributed by atoms with Crippen molar-refractivity contribution in [3.63, 3.8) is 0 Å². The second-order valence-corrected chi connectivity index (χ2v) is 6.66. The minimum Gasteiger partial charge on any atom is -0.332 e. The molecule has 0 aliphatic carbocycles. The van der Waals surface area contributed by atoms with Gasteiger partial charge >= 0.3 is 6.18 Å². The molecule has 0 spiro atoms. The molecule has 1 N–H and O–H groups in total. The molecule has 1 aromatic heterocycles. The first-order chi connectivity index (χ1) is 12.8. The van der Waals surface area contributed by atoms with Crippen LogP contribution in [-0.4, -0.2) is 54.1 Å². The fourth-order valence-corrected chi connectivity index (χ4v) is 2.85. The van der Waals surface area contributed by atoms with E-state index in [1.807, 2.05) is 6.07 Å². The number of nitrogens with zero attached hydrogens (tertiary/aromatic N) is 3. The summed E-state index contributed by atoms with van der Waals surface area (Å²) >= 11 is 0. The molecule has 1 atom stereocenters. The maximum absolute atomic E-state index is 10.4. The number of aldehydes is 1. The molecule has 1 aliphatic rings. The predicted molar refractivity (Wildman–Crippen MR) is 98.3 cm³/mol. The number of hydrogen-bond acceptors (Lipinski definition) is 4. The second kappa shape index (κ2) is 9.66. The second-order valence-electron chi connectivity index (χ2n) is 6.66. The Balaban J connectivity index is 0.000000380. The monoisotopic (exact) mass is 382 g/mol. The maximum atomic E-state index is 10.4. The van der Waals surface area contributed by atoms with Crippen molar-refractivity contribution < 1.29 is 18.0 Å². The van der Waals surface area contributed by atoms with Crippen molar-refractivity contribution in [1.29, 1.82) is 0 Å². The molecule has 27 heavy (non-hydrogen) atoms. The van der Waals surface area contributed by atoms with Gasteiger partial charge in [0.1, 0.15) is 5.82 Å². The van der Waals surface area contributed by atoms with Crippen molar-refractivity contribution >= 4 is 6.29 Å². The summed E-state index contributed by atoms with van der Waals surface area (Å²) in [7, 11) is 4.23. The summed E-state index contributed by atoms with van der Waals surface area (Å²) in [5.41, 5.74) is 2.28. The lowest BCUT2D eigenvalue weighted by Gasteiger charge is -2.15. The van der Waals surface area contributed by atoms with Gasteiger partial charge < -0.3 is 14.8 Å². The van der Waals surface area contributed by atoms with Gasteiger partial charge in [0.25, 0.3) is 0 Å². The lowest BCUT2D eigenvalue weighted by atomic mass is 10.2. The van der Waals surface area contributed by atoms with E-state index in [0.717, 1.165) is 25.3 Å². The molecule has 1 fully saturated rings. The van der Waals surface area contributed by atoms with Gasteiger partial charge in [-0.2, -0.15) is 13.2 Å². The molecule has 3 rings (SSSR count). The molecule has 2 heterocycles. The quantitative estimate of drug-likeness (QED) is 0.807. The minimum absolute atomic E-state index is 0.407. The molecule has 0 amide bonds. The summed E-state index contributed by atoms with van der Waals surface area (Å²) in [4.78, 5) is 15.8. The summed E-state index contributed by atoms with van der Waals surface area (Å²) in [5.74, 6) is 1.19. The third-order valence-electron chi connectivity index (χ3n) is 4.17. The number of aromatic nitrogens is 2. The van der Waals surface area contributed by atoms with Gasteiger partial charge in [0.2, 0.25) is 6.29 Å². The van der Waals surface area contributed by atoms with Crippen molar-refractivity contribution in [3.8, 4) is 11.3 Å². The zero-order chi connectivity index (χ0) is 19.9. The number of alkyl halides is 3. The molecule has 2 aromatic rings.